The third kappa shape index (κ3) is 2.36. The summed E-state index contributed by atoms with van der Waals surface area (Å²) in [5.41, 5.74) is 2.32. The highest BCUT2D eigenvalue weighted by atomic mass is 35.5. The first kappa shape index (κ1) is 11.9. The van der Waals surface area contributed by atoms with Crippen LogP contribution in [-0.2, 0) is 6.42 Å². The second-order valence-corrected chi connectivity index (χ2v) is 5.41. The van der Waals surface area contributed by atoms with Gasteiger partial charge in [-0.1, -0.05) is 29.8 Å². The highest BCUT2D eigenvalue weighted by Crippen LogP contribution is 2.29. The van der Waals surface area contributed by atoms with Gasteiger partial charge in [0.15, 0.2) is 0 Å². The van der Waals surface area contributed by atoms with Crippen LogP contribution < -0.4 is 5.32 Å². The molecular formula is C15H17ClN2. The van der Waals surface area contributed by atoms with Gasteiger partial charge < -0.3 is 5.32 Å². The molecule has 18 heavy (non-hydrogen) atoms. The van der Waals surface area contributed by atoms with Gasteiger partial charge in [-0.05, 0) is 49.9 Å². The molecule has 0 radical (unpaired) electrons. The molecule has 2 nitrogen and oxygen atoms in total. The fourth-order valence-electron chi connectivity index (χ4n) is 2.76. The van der Waals surface area contributed by atoms with Crippen LogP contribution in [-0.4, -0.2) is 18.1 Å². The summed E-state index contributed by atoms with van der Waals surface area (Å²) in [4.78, 5) is 4.39. The van der Waals surface area contributed by atoms with E-state index in [1.165, 1.54) is 23.8 Å². The van der Waals surface area contributed by atoms with Gasteiger partial charge in [0.1, 0.15) is 0 Å². The summed E-state index contributed by atoms with van der Waals surface area (Å²) in [6, 6.07) is 8.27. The Bertz CT molecular complexity index is 547. The molecule has 2 aromatic rings. The van der Waals surface area contributed by atoms with Crippen LogP contribution in [0.25, 0.3) is 10.9 Å². The fourth-order valence-corrected chi connectivity index (χ4v) is 2.98. The zero-order chi connectivity index (χ0) is 12.4. The maximum Gasteiger partial charge on any atom is 0.0705 e. The fraction of sp³-hybridized carbons (Fsp3) is 0.400. The SMILES string of the molecule is Clc1cnc2ccccc2c1CC1CCNCC1. The molecular weight excluding hydrogens is 244 g/mol. The molecule has 0 saturated carbocycles. The number of pyridine rings is 1. The third-order valence-electron chi connectivity index (χ3n) is 3.79. The molecule has 1 aliphatic heterocycles. The van der Waals surface area contributed by atoms with Crippen molar-refractivity contribution in [1.82, 2.24) is 10.3 Å². The van der Waals surface area contributed by atoms with Crippen molar-refractivity contribution in [3.63, 3.8) is 0 Å². The van der Waals surface area contributed by atoms with E-state index in [-0.39, 0.29) is 0 Å². The van der Waals surface area contributed by atoms with E-state index in [0.29, 0.717) is 0 Å². The Balaban J connectivity index is 1.96. The molecule has 0 atom stereocenters. The average Bonchev–Trinajstić information content (AvgIpc) is 2.43. The maximum atomic E-state index is 6.34. The first-order chi connectivity index (χ1) is 8.84. The number of aromatic nitrogens is 1. The van der Waals surface area contributed by atoms with Crippen molar-refractivity contribution in [2.75, 3.05) is 13.1 Å². The van der Waals surface area contributed by atoms with Crippen molar-refractivity contribution in [1.29, 1.82) is 0 Å². The molecule has 0 aliphatic carbocycles. The lowest BCUT2D eigenvalue weighted by atomic mass is 9.90. The summed E-state index contributed by atoms with van der Waals surface area (Å²) in [7, 11) is 0. The summed E-state index contributed by atoms with van der Waals surface area (Å²) in [6.45, 7) is 2.26. The van der Waals surface area contributed by atoms with Crippen molar-refractivity contribution in [3.8, 4) is 0 Å². The molecule has 3 rings (SSSR count). The number of para-hydroxylation sites is 1. The number of benzene rings is 1. The van der Waals surface area contributed by atoms with Crippen LogP contribution in [0.2, 0.25) is 5.02 Å². The predicted molar refractivity (Wildman–Crippen MR) is 76.1 cm³/mol. The number of hydrogen-bond donors (Lipinski definition) is 1. The van der Waals surface area contributed by atoms with Crippen LogP contribution in [0.1, 0.15) is 18.4 Å². The van der Waals surface area contributed by atoms with E-state index < -0.39 is 0 Å². The van der Waals surface area contributed by atoms with Crippen LogP contribution in [0.15, 0.2) is 30.5 Å². The lowest BCUT2D eigenvalue weighted by Gasteiger charge is -2.23. The van der Waals surface area contributed by atoms with Crippen LogP contribution in [0.3, 0.4) is 0 Å². The van der Waals surface area contributed by atoms with E-state index in [1.54, 1.807) is 6.20 Å². The lowest BCUT2D eigenvalue weighted by Crippen LogP contribution is -2.28. The number of rotatable bonds is 2. The van der Waals surface area contributed by atoms with Crippen molar-refractivity contribution in [3.05, 3.63) is 41.0 Å². The number of nitrogens with zero attached hydrogens (tertiary/aromatic N) is 1. The van der Waals surface area contributed by atoms with Crippen LogP contribution in [0, 0.1) is 5.92 Å². The van der Waals surface area contributed by atoms with Gasteiger partial charge in [-0.3, -0.25) is 4.98 Å². The van der Waals surface area contributed by atoms with Crippen molar-refractivity contribution >= 4 is 22.5 Å². The van der Waals surface area contributed by atoms with Gasteiger partial charge in [0, 0.05) is 11.6 Å². The third-order valence-corrected chi connectivity index (χ3v) is 4.11. The second-order valence-electron chi connectivity index (χ2n) is 5.00. The average molecular weight is 261 g/mol. The number of hydrogen-bond acceptors (Lipinski definition) is 2. The number of nitrogens with one attached hydrogen (secondary N) is 1. The molecule has 1 aromatic heterocycles. The molecule has 94 valence electrons. The number of piperidine rings is 1. The van der Waals surface area contributed by atoms with E-state index >= 15 is 0 Å². The summed E-state index contributed by atoms with van der Waals surface area (Å²) >= 11 is 6.34. The second kappa shape index (κ2) is 5.25. The van der Waals surface area contributed by atoms with Crippen molar-refractivity contribution in [2.24, 2.45) is 5.92 Å². The predicted octanol–water partition coefficient (Wildman–Crippen LogP) is 3.43. The molecule has 0 amide bonds. The van der Waals surface area contributed by atoms with E-state index in [9.17, 15) is 0 Å². The summed E-state index contributed by atoms with van der Waals surface area (Å²) < 4.78 is 0. The topological polar surface area (TPSA) is 24.9 Å². The first-order valence-corrected chi connectivity index (χ1v) is 6.95. The quantitative estimate of drug-likeness (QED) is 0.895. The van der Waals surface area contributed by atoms with E-state index in [1.807, 2.05) is 6.07 Å². The molecule has 1 N–H and O–H groups in total. The Hall–Kier alpha value is -1.12. The Morgan fingerprint density at radius 2 is 2.00 bits per heavy atom. The van der Waals surface area contributed by atoms with Gasteiger partial charge >= 0.3 is 0 Å². The van der Waals surface area contributed by atoms with Gasteiger partial charge in [0.2, 0.25) is 0 Å². The standard InChI is InChI=1S/C15H17ClN2/c16-14-10-18-15-4-2-1-3-12(15)13(14)9-11-5-7-17-8-6-11/h1-4,10-11,17H,5-9H2. The summed E-state index contributed by atoms with van der Waals surface area (Å²) in [5, 5.41) is 5.43. The van der Waals surface area contributed by atoms with Crippen LogP contribution in [0.4, 0.5) is 0 Å². The van der Waals surface area contributed by atoms with Gasteiger partial charge in [0.25, 0.3) is 0 Å². The first-order valence-electron chi connectivity index (χ1n) is 6.57. The Kier molecular flexibility index (Phi) is 3.48. The smallest absolute Gasteiger partial charge is 0.0705 e. The summed E-state index contributed by atoms with van der Waals surface area (Å²) in [5.74, 6) is 0.745. The van der Waals surface area contributed by atoms with E-state index in [2.05, 4.69) is 28.5 Å². The molecule has 1 aromatic carbocycles. The van der Waals surface area contributed by atoms with Crippen LogP contribution in [0.5, 0.6) is 0 Å². The lowest BCUT2D eigenvalue weighted by molar-refractivity contribution is 0.373. The van der Waals surface area contributed by atoms with Gasteiger partial charge in [-0.25, -0.2) is 0 Å². The van der Waals surface area contributed by atoms with Crippen molar-refractivity contribution in [2.45, 2.75) is 19.3 Å². The highest BCUT2D eigenvalue weighted by Gasteiger charge is 2.16. The monoisotopic (exact) mass is 260 g/mol. The Morgan fingerprint density at radius 3 is 2.83 bits per heavy atom. The van der Waals surface area contributed by atoms with Gasteiger partial charge in [-0.2, -0.15) is 0 Å². The number of fused-ring (bicyclic) bond motifs is 1. The molecule has 3 heteroatoms. The summed E-state index contributed by atoms with van der Waals surface area (Å²) in [6.07, 6.45) is 5.35. The largest absolute Gasteiger partial charge is 0.317 e. The van der Waals surface area contributed by atoms with Gasteiger partial charge in [0.05, 0.1) is 10.5 Å². The molecule has 0 bridgehead atoms. The number of halogens is 1. The Morgan fingerprint density at radius 1 is 1.22 bits per heavy atom. The normalized spacial score (nSPS) is 17.2. The highest BCUT2D eigenvalue weighted by molar-refractivity contribution is 6.32. The van der Waals surface area contributed by atoms with E-state index in [0.717, 1.165) is 36.0 Å². The molecule has 2 heterocycles. The molecule has 0 unspecified atom stereocenters. The van der Waals surface area contributed by atoms with Crippen LogP contribution >= 0.6 is 11.6 Å². The van der Waals surface area contributed by atoms with E-state index in [4.69, 9.17) is 11.6 Å². The minimum Gasteiger partial charge on any atom is -0.317 e. The Labute approximate surface area is 112 Å². The van der Waals surface area contributed by atoms with Gasteiger partial charge in [-0.15, -0.1) is 0 Å². The maximum absolute atomic E-state index is 6.34. The molecule has 1 aliphatic rings. The molecule has 0 spiro atoms. The minimum absolute atomic E-state index is 0.745. The van der Waals surface area contributed by atoms with Crippen molar-refractivity contribution < 1.29 is 0 Å². The zero-order valence-electron chi connectivity index (χ0n) is 10.3. The molecule has 1 fully saturated rings. The zero-order valence-corrected chi connectivity index (χ0v) is 11.1. The molecule has 1 saturated heterocycles. The minimum atomic E-state index is 0.745.